The minimum Gasteiger partial charge on any atom is -0.479 e. The molecule has 0 aliphatic carbocycles. The summed E-state index contributed by atoms with van der Waals surface area (Å²) in [6.07, 6.45) is 2.61. The van der Waals surface area contributed by atoms with Gasteiger partial charge in [-0.2, -0.15) is 0 Å². The molecule has 7 nitrogen and oxygen atoms in total. The van der Waals surface area contributed by atoms with Crippen molar-refractivity contribution < 1.29 is 19.5 Å². The fourth-order valence-electron chi connectivity index (χ4n) is 2.65. The summed E-state index contributed by atoms with van der Waals surface area (Å²) in [4.78, 5) is 36.4. The fourth-order valence-corrected chi connectivity index (χ4v) is 2.65. The van der Waals surface area contributed by atoms with Crippen LogP contribution in [0.4, 0.5) is 4.79 Å². The van der Waals surface area contributed by atoms with E-state index in [4.69, 9.17) is 0 Å². The van der Waals surface area contributed by atoms with Crippen LogP contribution in [0.5, 0.6) is 0 Å². The Morgan fingerprint density at radius 1 is 1.19 bits per heavy atom. The number of likely N-dealkylation sites (tertiary alicyclic amines) is 1. The van der Waals surface area contributed by atoms with Crippen molar-refractivity contribution in [3.05, 3.63) is 0 Å². The molecule has 0 spiro atoms. The second-order valence-electron chi connectivity index (χ2n) is 5.28. The molecule has 21 heavy (non-hydrogen) atoms. The van der Waals surface area contributed by atoms with Gasteiger partial charge >= 0.3 is 12.0 Å². The molecule has 3 amide bonds. The van der Waals surface area contributed by atoms with Gasteiger partial charge in [0, 0.05) is 26.1 Å². The number of urea groups is 1. The van der Waals surface area contributed by atoms with Crippen LogP contribution in [0.1, 0.15) is 46.0 Å². The molecule has 3 N–H and O–H groups in total. The Kier molecular flexibility index (Phi) is 6.45. The maximum atomic E-state index is 12.1. The molecular weight excluding hydrogens is 274 g/mol. The third-order valence-electron chi connectivity index (χ3n) is 3.92. The van der Waals surface area contributed by atoms with Crippen LogP contribution in [0.15, 0.2) is 0 Å². The Hall–Kier alpha value is -1.79. The molecule has 1 atom stereocenters. The normalized spacial score (nSPS) is 21.1. The third kappa shape index (κ3) is 4.09. The first-order valence-corrected chi connectivity index (χ1v) is 7.53. The minimum atomic E-state index is -1.10. The maximum absolute atomic E-state index is 12.1. The highest BCUT2D eigenvalue weighted by Gasteiger charge is 2.48. The number of hydrogen-bond donors (Lipinski definition) is 3. The van der Waals surface area contributed by atoms with Crippen LogP contribution in [-0.4, -0.2) is 53.1 Å². The van der Waals surface area contributed by atoms with E-state index in [9.17, 15) is 19.5 Å². The number of rotatable bonds is 7. The number of amides is 3. The molecule has 1 heterocycles. The summed E-state index contributed by atoms with van der Waals surface area (Å²) < 4.78 is 0. The van der Waals surface area contributed by atoms with Gasteiger partial charge in [-0.1, -0.05) is 13.8 Å². The van der Waals surface area contributed by atoms with Crippen molar-refractivity contribution in [1.82, 2.24) is 15.5 Å². The van der Waals surface area contributed by atoms with Gasteiger partial charge in [-0.3, -0.25) is 4.79 Å². The van der Waals surface area contributed by atoms with Crippen LogP contribution >= 0.6 is 0 Å². The van der Waals surface area contributed by atoms with E-state index in [1.165, 1.54) is 4.90 Å². The smallest absolute Gasteiger partial charge is 0.329 e. The van der Waals surface area contributed by atoms with Crippen molar-refractivity contribution in [1.29, 1.82) is 0 Å². The predicted octanol–water partition coefficient (Wildman–Crippen LogP) is 0.941. The highest BCUT2D eigenvalue weighted by Crippen LogP contribution is 2.32. The van der Waals surface area contributed by atoms with E-state index >= 15 is 0 Å². The van der Waals surface area contributed by atoms with E-state index in [0.717, 1.165) is 6.42 Å². The van der Waals surface area contributed by atoms with Gasteiger partial charge in [0.25, 0.3) is 0 Å². The molecule has 0 bridgehead atoms. The van der Waals surface area contributed by atoms with Crippen molar-refractivity contribution in [3.8, 4) is 0 Å². The average molecular weight is 299 g/mol. The summed E-state index contributed by atoms with van der Waals surface area (Å²) in [6, 6.07) is -0.403. The number of hydrogen-bond acceptors (Lipinski definition) is 3. The van der Waals surface area contributed by atoms with Gasteiger partial charge < -0.3 is 20.6 Å². The van der Waals surface area contributed by atoms with E-state index in [1.54, 1.807) is 6.92 Å². The average Bonchev–Trinajstić information content (AvgIpc) is 2.90. The monoisotopic (exact) mass is 299 g/mol. The number of aliphatic carboxylic acids is 1. The van der Waals surface area contributed by atoms with Crippen molar-refractivity contribution in [2.24, 2.45) is 0 Å². The van der Waals surface area contributed by atoms with Crippen LogP contribution in [-0.2, 0) is 9.59 Å². The summed E-state index contributed by atoms with van der Waals surface area (Å²) >= 11 is 0. The molecule has 1 unspecified atom stereocenters. The highest BCUT2D eigenvalue weighted by molar-refractivity contribution is 5.87. The quantitative estimate of drug-likeness (QED) is 0.651. The van der Waals surface area contributed by atoms with Crippen LogP contribution < -0.4 is 10.6 Å². The van der Waals surface area contributed by atoms with Crippen molar-refractivity contribution in [3.63, 3.8) is 0 Å². The second kappa shape index (κ2) is 7.85. The summed E-state index contributed by atoms with van der Waals surface area (Å²) in [5.74, 6) is -1.07. The molecule has 1 aliphatic heterocycles. The van der Waals surface area contributed by atoms with Gasteiger partial charge in [0.1, 0.15) is 5.54 Å². The first kappa shape index (κ1) is 17.3. The van der Waals surface area contributed by atoms with Crippen LogP contribution in [0.3, 0.4) is 0 Å². The second-order valence-corrected chi connectivity index (χ2v) is 5.28. The predicted molar refractivity (Wildman–Crippen MR) is 77.9 cm³/mol. The van der Waals surface area contributed by atoms with Crippen molar-refractivity contribution >= 4 is 17.9 Å². The molecule has 7 heteroatoms. The molecule has 120 valence electrons. The first-order valence-electron chi connectivity index (χ1n) is 7.53. The zero-order valence-electron chi connectivity index (χ0n) is 12.8. The number of carboxylic acids is 1. The molecule has 0 aromatic heterocycles. The lowest BCUT2D eigenvalue weighted by Gasteiger charge is -2.33. The van der Waals surface area contributed by atoms with Gasteiger partial charge in [0.05, 0.1) is 0 Å². The van der Waals surface area contributed by atoms with Gasteiger partial charge in [-0.15, -0.1) is 0 Å². The molecule has 1 aliphatic rings. The highest BCUT2D eigenvalue weighted by atomic mass is 16.4. The number of carboxylic acid groups (broad SMARTS) is 1. The van der Waals surface area contributed by atoms with Crippen LogP contribution in [0.25, 0.3) is 0 Å². The Balaban J connectivity index is 2.48. The standard InChI is InChI=1S/C14H25N3O4/c1-3-8-15-11(18)6-9-16-13(21)17-10-5-7-14(17,4-2)12(19)20/h3-10H2,1-2H3,(H,15,18)(H,16,21)(H,19,20). The molecular formula is C14H25N3O4. The molecule has 0 aromatic rings. The Bertz CT molecular complexity index is 400. The van der Waals surface area contributed by atoms with Gasteiger partial charge in [0.15, 0.2) is 0 Å². The summed E-state index contributed by atoms with van der Waals surface area (Å²) in [7, 11) is 0. The van der Waals surface area contributed by atoms with Crippen molar-refractivity contribution in [2.45, 2.75) is 51.5 Å². The molecule has 1 fully saturated rings. The van der Waals surface area contributed by atoms with Crippen LogP contribution in [0.2, 0.25) is 0 Å². The Morgan fingerprint density at radius 2 is 1.90 bits per heavy atom. The van der Waals surface area contributed by atoms with Crippen LogP contribution in [0, 0.1) is 0 Å². The number of nitrogens with one attached hydrogen (secondary N) is 2. The van der Waals surface area contributed by atoms with E-state index in [1.807, 2.05) is 6.92 Å². The van der Waals surface area contributed by atoms with Gasteiger partial charge in [-0.05, 0) is 25.7 Å². The zero-order chi connectivity index (χ0) is 15.9. The van der Waals surface area contributed by atoms with Gasteiger partial charge in [0.2, 0.25) is 5.91 Å². The SMILES string of the molecule is CCCNC(=O)CCNC(=O)N1CCCC1(CC)C(=O)O. The molecule has 0 aromatic carbocycles. The summed E-state index contributed by atoms with van der Waals surface area (Å²) in [5.41, 5.74) is -1.10. The fraction of sp³-hybridized carbons (Fsp3) is 0.786. The molecule has 1 saturated heterocycles. The minimum absolute atomic E-state index is 0.112. The maximum Gasteiger partial charge on any atom is 0.329 e. The lowest BCUT2D eigenvalue weighted by atomic mass is 9.93. The first-order chi connectivity index (χ1) is 9.97. The number of nitrogens with zero attached hydrogens (tertiary/aromatic N) is 1. The Labute approximate surface area is 125 Å². The third-order valence-corrected chi connectivity index (χ3v) is 3.92. The van der Waals surface area contributed by atoms with E-state index < -0.39 is 17.5 Å². The van der Waals surface area contributed by atoms with E-state index in [-0.39, 0.29) is 18.9 Å². The number of carbonyl (C=O) groups excluding carboxylic acids is 2. The van der Waals surface area contributed by atoms with Crippen molar-refractivity contribution in [2.75, 3.05) is 19.6 Å². The lowest BCUT2D eigenvalue weighted by Crippen LogP contribution is -2.55. The summed E-state index contributed by atoms with van der Waals surface area (Å²) in [5, 5.41) is 14.8. The van der Waals surface area contributed by atoms with E-state index in [2.05, 4.69) is 10.6 Å². The van der Waals surface area contributed by atoms with Gasteiger partial charge in [-0.25, -0.2) is 9.59 Å². The van der Waals surface area contributed by atoms with E-state index in [0.29, 0.717) is 32.4 Å². The molecule has 1 rings (SSSR count). The zero-order valence-corrected chi connectivity index (χ0v) is 12.8. The lowest BCUT2D eigenvalue weighted by molar-refractivity contribution is -0.148. The largest absolute Gasteiger partial charge is 0.479 e. The molecule has 0 saturated carbocycles. The number of carbonyl (C=O) groups is 3. The summed E-state index contributed by atoms with van der Waals surface area (Å²) in [6.45, 7) is 5.01. The topological polar surface area (TPSA) is 98.7 Å². The Morgan fingerprint density at radius 3 is 2.48 bits per heavy atom. The molecule has 0 radical (unpaired) electrons.